The zero-order valence-electron chi connectivity index (χ0n) is 22.9. The molecule has 5 aromatic rings. The average Bonchev–Trinajstić information content (AvgIpc) is 3.41. The van der Waals surface area contributed by atoms with Crippen molar-refractivity contribution in [1.29, 1.82) is 0 Å². The van der Waals surface area contributed by atoms with Crippen molar-refractivity contribution in [2.24, 2.45) is 0 Å². The van der Waals surface area contributed by atoms with Crippen LogP contribution in [0.4, 0.5) is 0 Å². The van der Waals surface area contributed by atoms with Crippen LogP contribution in [0, 0.1) is 34.6 Å². The summed E-state index contributed by atoms with van der Waals surface area (Å²) in [5.74, 6) is 0. The van der Waals surface area contributed by atoms with E-state index in [2.05, 4.69) is 104 Å². The van der Waals surface area contributed by atoms with Crippen molar-refractivity contribution in [3.63, 3.8) is 0 Å². The molecular formula is C33H37Cl2SiZr-3. The number of aryl methyl sites for hydroxylation is 6. The van der Waals surface area contributed by atoms with Gasteiger partial charge in [0.15, 0.2) is 0 Å². The number of rotatable bonds is 2. The van der Waals surface area contributed by atoms with E-state index < -0.39 is 18.0 Å². The normalized spacial score (nSPS) is 10.1. The van der Waals surface area contributed by atoms with Crippen molar-refractivity contribution in [1.82, 2.24) is 0 Å². The van der Waals surface area contributed by atoms with Gasteiger partial charge in [0.2, 0.25) is 0 Å². The fourth-order valence-electron chi connectivity index (χ4n) is 4.62. The molecule has 2 radical (unpaired) electrons. The van der Waals surface area contributed by atoms with Crippen molar-refractivity contribution in [3.05, 3.63) is 125 Å². The van der Waals surface area contributed by atoms with Crippen LogP contribution in [-0.2, 0) is 30.8 Å². The van der Waals surface area contributed by atoms with E-state index in [0.29, 0.717) is 0 Å². The number of fused-ring (bicyclic) bond motifs is 2. The predicted octanol–water partition coefficient (Wildman–Crippen LogP) is 10.3. The molecule has 0 spiro atoms. The third-order valence-corrected chi connectivity index (χ3v) is 6.31. The van der Waals surface area contributed by atoms with Gasteiger partial charge in [0.1, 0.15) is 0 Å². The van der Waals surface area contributed by atoms with Crippen molar-refractivity contribution >= 4 is 45.4 Å². The van der Waals surface area contributed by atoms with Gasteiger partial charge < -0.3 is 0 Å². The number of halogens is 2. The van der Waals surface area contributed by atoms with Crippen LogP contribution in [-0.4, -0.2) is 6.88 Å². The van der Waals surface area contributed by atoms with Gasteiger partial charge in [0, 0.05) is 0 Å². The Hall–Kier alpha value is -1.57. The predicted molar refractivity (Wildman–Crippen MR) is 165 cm³/mol. The molecule has 0 unspecified atom stereocenters. The van der Waals surface area contributed by atoms with Gasteiger partial charge in [-0.25, -0.2) is 0 Å². The first kappa shape index (κ1) is 31.6. The van der Waals surface area contributed by atoms with E-state index in [1.807, 2.05) is 30.3 Å². The fraction of sp³-hybridized carbons (Fsp3) is 0.242. The van der Waals surface area contributed by atoms with Gasteiger partial charge in [-0.05, 0) is 26.7 Å². The molecule has 5 rings (SSSR count). The second-order valence-electron chi connectivity index (χ2n) is 9.25. The minimum absolute atomic E-state index is 1.07. The molecule has 0 aliphatic carbocycles. The van der Waals surface area contributed by atoms with Gasteiger partial charge >= 0.3 is 41.9 Å². The molecule has 0 saturated carbocycles. The molecule has 0 fully saturated rings. The van der Waals surface area contributed by atoms with E-state index in [4.69, 9.17) is 17.0 Å². The van der Waals surface area contributed by atoms with Crippen LogP contribution in [0.2, 0.25) is 0 Å². The zero-order valence-corrected chi connectivity index (χ0v) is 27.9. The summed E-state index contributed by atoms with van der Waals surface area (Å²) in [5, 5.41) is 5.67. The Morgan fingerprint density at radius 1 is 0.703 bits per heavy atom. The molecule has 0 atom stereocenters. The number of hydrogen-bond donors (Lipinski definition) is 0. The molecular weight excluding hydrogens is 587 g/mol. The third kappa shape index (κ3) is 9.92. The Labute approximate surface area is 240 Å². The van der Waals surface area contributed by atoms with Gasteiger partial charge in [0.05, 0.1) is 0 Å². The maximum atomic E-state index is 5.15. The molecule has 0 aromatic heterocycles. The van der Waals surface area contributed by atoms with E-state index >= 15 is 0 Å². The summed E-state index contributed by atoms with van der Waals surface area (Å²) in [6.45, 7) is 19.9. The summed E-state index contributed by atoms with van der Waals surface area (Å²) in [4.78, 5) is 0. The Morgan fingerprint density at radius 2 is 1.08 bits per heavy atom. The summed E-state index contributed by atoms with van der Waals surface area (Å²) >= 11 is -1.79. The molecule has 0 heterocycles. The average molecular weight is 624 g/mol. The molecule has 0 bridgehead atoms. The van der Waals surface area contributed by atoms with Crippen molar-refractivity contribution in [2.45, 2.75) is 54.4 Å². The third-order valence-electron chi connectivity index (χ3n) is 6.31. The van der Waals surface area contributed by atoms with Gasteiger partial charge in [-0.3, -0.25) is 0 Å². The summed E-state index contributed by atoms with van der Waals surface area (Å²) < 4.78 is 0. The van der Waals surface area contributed by atoms with Crippen molar-refractivity contribution in [2.75, 3.05) is 0 Å². The van der Waals surface area contributed by atoms with Crippen molar-refractivity contribution in [3.8, 4) is 0 Å². The number of benzene rings is 3. The molecule has 0 N–H and O–H groups in total. The van der Waals surface area contributed by atoms with Crippen LogP contribution in [0.5, 0.6) is 0 Å². The van der Waals surface area contributed by atoms with Gasteiger partial charge in [-0.2, -0.15) is 36.8 Å². The first-order chi connectivity index (χ1) is 17.6. The molecule has 0 saturated heterocycles. The standard InChI is InChI=1S/2C13H15.C7H7.2ClH.Si.Zr/c2*1-4-12-10(3)5-6-11-7-9(2)8-13(11)12;1-7-5-3-2-4-6-7;;;;/h2*5-8H,4H2,1-3H3;2-6H,1H2;2*1H;;/q3*-1;;;;+2/p-2. The molecule has 0 nitrogen and oxygen atoms in total. The van der Waals surface area contributed by atoms with Crippen LogP contribution >= 0.6 is 17.0 Å². The minimum atomic E-state index is -1.79. The van der Waals surface area contributed by atoms with Crippen LogP contribution in [0.1, 0.15) is 52.8 Å². The summed E-state index contributed by atoms with van der Waals surface area (Å²) in [7, 11) is 10.3. The maximum absolute atomic E-state index is 5.15. The Kier molecular flexibility index (Phi) is 13.5. The van der Waals surface area contributed by atoms with Gasteiger partial charge in [-0.1, -0.05) is 56.0 Å². The summed E-state index contributed by atoms with van der Waals surface area (Å²) in [5.41, 5.74) is 9.66. The molecule has 37 heavy (non-hydrogen) atoms. The molecule has 4 heteroatoms. The summed E-state index contributed by atoms with van der Waals surface area (Å²) in [6.07, 6.45) is 2.26. The number of hydrogen-bond acceptors (Lipinski definition) is 0. The Morgan fingerprint density at radius 3 is 1.38 bits per heavy atom. The fourth-order valence-corrected chi connectivity index (χ4v) is 4.62. The van der Waals surface area contributed by atoms with E-state index in [9.17, 15) is 0 Å². The summed E-state index contributed by atoms with van der Waals surface area (Å²) in [6, 6.07) is 27.9. The Balaban J connectivity index is 0.000000189. The van der Waals surface area contributed by atoms with Crippen LogP contribution in [0.3, 0.4) is 0 Å². The van der Waals surface area contributed by atoms with Crippen LogP contribution in [0.15, 0.2) is 78.9 Å². The SMILES string of the molecule is CCc1c(C)ccc2[cH-]c(C)cc12.CCc1c(C)ccc2[cH-]c(C)cc12.[CH2-]c1ccccc1.[Si]=[Zr]([Cl])[Cl]. The first-order valence-electron chi connectivity index (χ1n) is 12.6. The van der Waals surface area contributed by atoms with E-state index in [1.54, 1.807) is 0 Å². The zero-order chi connectivity index (χ0) is 27.5. The van der Waals surface area contributed by atoms with Crippen LogP contribution < -0.4 is 0 Å². The first-order valence-corrected chi connectivity index (χ1v) is 23.2. The molecule has 0 amide bonds. The van der Waals surface area contributed by atoms with E-state index in [0.717, 1.165) is 18.4 Å². The van der Waals surface area contributed by atoms with E-state index in [-0.39, 0.29) is 0 Å². The van der Waals surface area contributed by atoms with Gasteiger partial charge in [-0.15, -0.1) is 81.2 Å². The monoisotopic (exact) mass is 621 g/mol. The molecule has 0 aliphatic heterocycles. The van der Waals surface area contributed by atoms with Crippen molar-refractivity contribution < 1.29 is 18.0 Å². The second kappa shape index (κ2) is 15.7. The molecule has 5 aromatic carbocycles. The second-order valence-corrected chi connectivity index (χ2v) is 22.9. The molecule has 0 aliphatic rings. The topological polar surface area (TPSA) is 0 Å². The Bertz CT molecular complexity index is 1340. The van der Waals surface area contributed by atoms with Gasteiger partial charge in [0.25, 0.3) is 0 Å². The van der Waals surface area contributed by atoms with E-state index in [1.165, 1.54) is 54.9 Å². The molecule has 194 valence electrons. The van der Waals surface area contributed by atoms with Crippen LogP contribution in [0.25, 0.3) is 21.5 Å². The quantitative estimate of drug-likeness (QED) is 0.136.